The fourth-order valence-electron chi connectivity index (χ4n) is 2.80. The molecule has 0 atom stereocenters. The summed E-state index contributed by atoms with van der Waals surface area (Å²) in [5.41, 5.74) is 6.45. The van der Waals surface area contributed by atoms with Crippen LogP contribution in [-0.2, 0) is 0 Å². The van der Waals surface area contributed by atoms with E-state index in [1.165, 1.54) is 11.1 Å². The second kappa shape index (κ2) is 7.44. The molecule has 0 fully saturated rings. The van der Waals surface area contributed by atoms with E-state index in [1.54, 1.807) is 0 Å². The first-order valence-electron chi connectivity index (χ1n) is 8.66. The van der Waals surface area contributed by atoms with Gasteiger partial charge in [0.05, 0.1) is 0 Å². The predicted molar refractivity (Wildman–Crippen MR) is 110 cm³/mol. The van der Waals surface area contributed by atoms with Crippen LogP contribution in [0.1, 0.15) is 16.8 Å². The minimum absolute atomic E-state index is 0.592. The molecule has 0 aliphatic rings. The van der Waals surface area contributed by atoms with Crippen molar-refractivity contribution in [2.24, 2.45) is 0 Å². The van der Waals surface area contributed by atoms with Crippen LogP contribution in [0, 0.1) is 20.8 Å². The van der Waals surface area contributed by atoms with Crippen LogP contribution in [-0.4, -0.2) is 24.1 Å². The summed E-state index contributed by atoms with van der Waals surface area (Å²) < 4.78 is 0. The van der Waals surface area contributed by atoms with Gasteiger partial charge in [0.25, 0.3) is 0 Å². The molecule has 1 aromatic heterocycles. The first kappa shape index (κ1) is 17.7. The molecule has 0 spiro atoms. The van der Waals surface area contributed by atoms with E-state index < -0.39 is 0 Å². The number of aromatic nitrogens is 2. The van der Waals surface area contributed by atoms with Crippen LogP contribution >= 0.6 is 0 Å². The lowest BCUT2D eigenvalue weighted by Crippen LogP contribution is -2.08. The monoisotopic (exact) mass is 347 g/mol. The highest BCUT2D eigenvalue weighted by Crippen LogP contribution is 2.24. The quantitative estimate of drug-likeness (QED) is 0.683. The van der Waals surface area contributed by atoms with Gasteiger partial charge in [-0.05, 0) is 56.2 Å². The molecular weight excluding hydrogens is 322 g/mol. The summed E-state index contributed by atoms with van der Waals surface area (Å²) in [6, 6.07) is 16.4. The smallest absolute Gasteiger partial charge is 0.229 e. The number of hydrogen-bond donors (Lipinski definition) is 2. The standard InChI is InChI=1S/C21H25N5/c1-14-7-6-8-15(2)20(14)25-21-22-16(3)13-19(24-21)23-17-9-11-18(12-10-17)26(4)5/h6-13H,1-5H3,(H2,22,23,24,25). The van der Waals surface area contributed by atoms with E-state index in [9.17, 15) is 0 Å². The first-order chi connectivity index (χ1) is 12.4. The minimum Gasteiger partial charge on any atom is -0.378 e. The maximum Gasteiger partial charge on any atom is 0.229 e. The van der Waals surface area contributed by atoms with Gasteiger partial charge in [0.2, 0.25) is 5.95 Å². The van der Waals surface area contributed by atoms with E-state index in [4.69, 9.17) is 0 Å². The lowest BCUT2D eigenvalue weighted by Gasteiger charge is -2.15. The maximum atomic E-state index is 4.62. The van der Waals surface area contributed by atoms with Gasteiger partial charge in [0, 0.05) is 42.9 Å². The molecule has 0 aliphatic heterocycles. The largest absolute Gasteiger partial charge is 0.378 e. The fourth-order valence-corrected chi connectivity index (χ4v) is 2.80. The normalized spacial score (nSPS) is 10.5. The van der Waals surface area contributed by atoms with Crippen LogP contribution in [0.5, 0.6) is 0 Å². The van der Waals surface area contributed by atoms with Crippen molar-refractivity contribution in [2.75, 3.05) is 29.6 Å². The molecule has 0 amide bonds. The molecule has 5 nitrogen and oxygen atoms in total. The predicted octanol–water partition coefficient (Wildman–Crippen LogP) is 4.96. The van der Waals surface area contributed by atoms with Gasteiger partial charge in [-0.15, -0.1) is 0 Å². The third-order valence-electron chi connectivity index (χ3n) is 4.23. The Balaban J connectivity index is 1.83. The Morgan fingerprint density at radius 1 is 0.808 bits per heavy atom. The van der Waals surface area contributed by atoms with E-state index in [2.05, 4.69) is 69.7 Å². The summed E-state index contributed by atoms with van der Waals surface area (Å²) in [4.78, 5) is 11.2. The number of anilines is 5. The third kappa shape index (κ3) is 4.11. The Morgan fingerprint density at radius 2 is 1.46 bits per heavy atom. The maximum absolute atomic E-state index is 4.62. The Hall–Kier alpha value is -3.08. The number of nitrogens with zero attached hydrogens (tertiary/aromatic N) is 3. The lowest BCUT2D eigenvalue weighted by atomic mass is 10.1. The van der Waals surface area contributed by atoms with E-state index in [1.807, 2.05) is 39.2 Å². The fraction of sp³-hybridized carbons (Fsp3) is 0.238. The van der Waals surface area contributed by atoms with Crippen LogP contribution in [0.25, 0.3) is 0 Å². The highest BCUT2D eigenvalue weighted by molar-refractivity contribution is 5.65. The number of nitrogens with one attached hydrogen (secondary N) is 2. The SMILES string of the molecule is Cc1cc(Nc2ccc(N(C)C)cc2)nc(Nc2c(C)cccc2C)n1. The Kier molecular flexibility index (Phi) is 5.07. The zero-order valence-corrected chi connectivity index (χ0v) is 16.0. The Bertz CT molecular complexity index is 881. The zero-order valence-electron chi connectivity index (χ0n) is 16.0. The second-order valence-electron chi connectivity index (χ2n) is 6.68. The molecule has 3 aromatic rings. The van der Waals surface area contributed by atoms with Crippen molar-refractivity contribution >= 4 is 28.8 Å². The number of hydrogen-bond acceptors (Lipinski definition) is 5. The second-order valence-corrected chi connectivity index (χ2v) is 6.68. The van der Waals surface area contributed by atoms with E-state index in [0.717, 1.165) is 28.6 Å². The van der Waals surface area contributed by atoms with Gasteiger partial charge in [-0.25, -0.2) is 4.98 Å². The van der Waals surface area contributed by atoms with Crippen molar-refractivity contribution in [1.29, 1.82) is 0 Å². The van der Waals surface area contributed by atoms with Crippen LogP contribution in [0.4, 0.5) is 28.8 Å². The van der Waals surface area contributed by atoms with E-state index >= 15 is 0 Å². The summed E-state index contributed by atoms with van der Waals surface area (Å²) in [7, 11) is 4.06. The Labute approximate surface area is 155 Å². The van der Waals surface area contributed by atoms with Crippen molar-refractivity contribution < 1.29 is 0 Å². The molecule has 0 saturated heterocycles. The molecule has 5 heteroatoms. The molecule has 0 saturated carbocycles. The van der Waals surface area contributed by atoms with Gasteiger partial charge >= 0.3 is 0 Å². The summed E-state index contributed by atoms with van der Waals surface area (Å²) in [5.74, 6) is 1.36. The molecule has 0 unspecified atom stereocenters. The minimum atomic E-state index is 0.592. The Morgan fingerprint density at radius 3 is 2.08 bits per heavy atom. The van der Waals surface area contributed by atoms with Crippen LogP contribution in [0.3, 0.4) is 0 Å². The van der Waals surface area contributed by atoms with Crippen molar-refractivity contribution in [2.45, 2.75) is 20.8 Å². The first-order valence-corrected chi connectivity index (χ1v) is 8.66. The van der Waals surface area contributed by atoms with Gasteiger partial charge in [0.15, 0.2) is 0 Å². The van der Waals surface area contributed by atoms with Crippen molar-refractivity contribution in [1.82, 2.24) is 9.97 Å². The van der Waals surface area contributed by atoms with E-state index in [-0.39, 0.29) is 0 Å². The highest BCUT2D eigenvalue weighted by atomic mass is 15.1. The van der Waals surface area contributed by atoms with Gasteiger partial charge in [0.1, 0.15) is 5.82 Å². The van der Waals surface area contributed by atoms with Gasteiger partial charge in [-0.3, -0.25) is 0 Å². The molecule has 0 aliphatic carbocycles. The summed E-state index contributed by atoms with van der Waals surface area (Å²) in [5, 5.41) is 6.72. The number of benzene rings is 2. The van der Waals surface area contributed by atoms with Crippen molar-refractivity contribution in [3.05, 3.63) is 65.4 Å². The summed E-state index contributed by atoms with van der Waals surface area (Å²) >= 11 is 0. The molecule has 1 heterocycles. The number of para-hydroxylation sites is 1. The van der Waals surface area contributed by atoms with Crippen LogP contribution < -0.4 is 15.5 Å². The summed E-state index contributed by atoms with van der Waals surface area (Å²) in [6.07, 6.45) is 0. The molecule has 2 N–H and O–H groups in total. The molecule has 134 valence electrons. The lowest BCUT2D eigenvalue weighted by molar-refractivity contribution is 1.10. The average molecular weight is 347 g/mol. The topological polar surface area (TPSA) is 53.1 Å². The molecule has 26 heavy (non-hydrogen) atoms. The summed E-state index contributed by atoms with van der Waals surface area (Å²) in [6.45, 7) is 6.13. The highest BCUT2D eigenvalue weighted by Gasteiger charge is 2.07. The van der Waals surface area contributed by atoms with Gasteiger partial charge in [-0.1, -0.05) is 18.2 Å². The average Bonchev–Trinajstić information content (AvgIpc) is 2.58. The molecule has 0 radical (unpaired) electrons. The number of aryl methyl sites for hydroxylation is 3. The number of rotatable bonds is 5. The van der Waals surface area contributed by atoms with Crippen molar-refractivity contribution in [3.63, 3.8) is 0 Å². The van der Waals surface area contributed by atoms with Crippen LogP contribution in [0.2, 0.25) is 0 Å². The molecular formula is C21H25N5. The van der Waals surface area contributed by atoms with Crippen molar-refractivity contribution in [3.8, 4) is 0 Å². The van der Waals surface area contributed by atoms with Crippen LogP contribution in [0.15, 0.2) is 48.5 Å². The van der Waals surface area contributed by atoms with E-state index in [0.29, 0.717) is 5.95 Å². The molecule has 0 bridgehead atoms. The molecule has 3 rings (SSSR count). The van der Waals surface area contributed by atoms with Gasteiger partial charge in [-0.2, -0.15) is 4.98 Å². The third-order valence-corrected chi connectivity index (χ3v) is 4.23. The van der Waals surface area contributed by atoms with Gasteiger partial charge < -0.3 is 15.5 Å². The molecule has 2 aromatic carbocycles. The zero-order chi connectivity index (χ0) is 18.7.